The summed E-state index contributed by atoms with van der Waals surface area (Å²) in [5, 5.41) is 0. The smallest absolute Gasteiger partial charge is 0.380 e. The minimum atomic E-state index is -4.82. The largest absolute Gasteiger partial charge is 0.419 e. The van der Waals surface area contributed by atoms with Crippen molar-refractivity contribution in [3.63, 3.8) is 0 Å². The van der Waals surface area contributed by atoms with Crippen LogP contribution in [0.1, 0.15) is 22.3 Å². The van der Waals surface area contributed by atoms with E-state index in [9.17, 15) is 22.4 Å². The average molecular weight is 291 g/mol. The maximum Gasteiger partial charge on any atom is 0.419 e. The molecule has 2 rings (SSSR count). The summed E-state index contributed by atoms with van der Waals surface area (Å²) in [6, 6.07) is 2.73. The standard InChI is InChI=1S/C13H13F4NO2/c14-11-9(3-1-4-10(11)13(15,16)17)12(19)18-5-2-7-20-8-6-18/h1,3-4H,2,5-8H2. The second-order valence-corrected chi connectivity index (χ2v) is 4.42. The molecule has 7 heteroatoms. The zero-order valence-corrected chi connectivity index (χ0v) is 10.5. The normalized spacial score (nSPS) is 16.9. The van der Waals surface area contributed by atoms with Crippen molar-refractivity contribution in [2.45, 2.75) is 12.6 Å². The summed E-state index contributed by atoms with van der Waals surface area (Å²) in [7, 11) is 0. The fourth-order valence-corrected chi connectivity index (χ4v) is 2.04. The van der Waals surface area contributed by atoms with E-state index in [0.717, 1.165) is 12.1 Å². The molecule has 20 heavy (non-hydrogen) atoms. The average Bonchev–Trinajstić information content (AvgIpc) is 2.65. The molecule has 1 heterocycles. The predicted octanol–water partition coefficient (Wildman–Crippen LogP) is 2.71. The Morgan fingerprint density at radius 1 is 1.20 bits per heavy atom. The van der Waals surface area contributed by atoms with Gasteiger partial charge in [0.05, 0.1) is 17.7 Å². The van der Waals surface area contributed by atoms with E-state index in [4.69, 9.17) is 4.74 Å². The molecule has 0 aromatic heterocycles. The van der Waals surface area contributed by atoms with Gasteiger partial charge in [-0.05, 0) is 18.6 Å². The maximum atomic E-state index is 13.9. The first-order chi connectivity index (χ1) is 9.41. The first-order valence-corrected chi connectivity index (χ1v) is 6.14. The highest BCUT2D eigenvalue weighted by Crippen LogP contribution is 2.32. The number of carbonyl (C=O) groups excluding carboxylic acids is 1. The number of hydrogen-bond donors (Lipinski definition) is 0. The second-order valence-electron chi connectivity index (χ2n) is 4.42. The van der Waals surface area contributed by atoms with Crippen LogP contribution in [0.4, 0.5) is 17.6 Å². The van der Waals surface area contributed by atoms with Crippen molar-refractivity contribution in [2.24, 2.45) is 0 Å². The predicted molar refractivity (Wildman–Crippen MR) is 62.7 cm³/mol. The van der Waals surface area contributed by atoms with Gasteiger partial charge in [-0.15, -0.1) is 0 Å². The molecule has 1 saturated heterocycles. The lowest BCUT2D eigenvalue weighted by Crippen LogP contribution is -2.34. The van der Waals surface area contributed by atoms with Gasteiger partial charge in [0.1, 0.15) is 5.82 Å². The van der Waals surface area contributed by atoms with Crippen molar-refractivity contribution < 1.29 is 27.1 Å². The van der Waals surface area contributed by atoms with Gasteiger partial charge in [0.25, 0.3) is 5.91 Å². The van der Waals surface area contributed by atoms with Gasteiger partial charge in [0, 0.05) is 19.7 Å². The number of carbonyl (C=O) groups is 1. The number of ether oxygens (including phenoxy) is 1. The quantitative estimate of drug-likeness (QED) is 0.745. The van der Waals surface area contributed by atoms with Gasteiger partial charge in [-0.2, -0.15) is 13.2 Å². The van der Waals surface area contributed by atoms with Crippen LogP contribution in [0.5, 0.6) is 0 Å². The van der Waals surface area contributed by atoms with Crippen LogP contribution in [0.15, 0.2) is 18.2 Å². The Labute approximate surface area is 113 Å². The molecule has 0 bridgehead atoms. The minimum absolute atomic E-state index is 0.245. The summed E-state index contributed by atoms with van der Waals surface area (Å²) in [5.41, 5.74) is -1.98. The Balaban J connectivity index is 2.30. The van der Waals surface area contributed by atoms with Crippen LogP contribution in [-0.4, -0.2) is 37.1 Å². The molecule has 0 spiro atoms. The van der Waals surface area contributed by atoms with E-state index in [1.807, 2.05) is 0 Å². The van der Waals surface area contributed by atoms with Gasteiger partial charge in [0.15, 0.2) is 0 Å². The molecule has 0 atom stereocenters. The summed E-state index contributed by atoms with van der Waals surface area (Å²) in [6.45, 7) is 1.37. The molecule has 110 valence electrons. The molecule has 1 aromatic rings. The molecular weight excluding hydrogens is 278 g/mol. The molecule has 0 saturated carbocycles. The van der Waals surface area contributed by atoms with Gasteiger partial charge in [0.2, 0.25) is 0 Å². The topological polar surface area (TPSA) is 29.5 Å². The zero-order valence-electron chi connectivity index (χ0n) is 10.5. The number of rotatable bonds is 1. The van der Waals surface area contributed by atoms with Crippen LogP contribution in [0.2, 0.25) is 0 Å². The van der Waals surface area contributed by atoms with Crippen molar-refractivity contribution >= 4 is 5.91 Å². The molecule has 0 aliphatic carbocycles. The Bertz CT molecular complexity index is 494. The van der Waals surface area contributed by atoms with Crippen molar-refractivity contribution in [2.75, 3.05) is 26.3 Å². The molecule has 1 aliphatic rings. The second kappa shape index (κ2) is 5.78. The summed E-state index contributed by atoms with van der Waals surface area (Å²) < 4.78 is 56.9. The van der Waals surface area contributed by atoms with Crippen molar-refractivity contribution in [3.8, 4) is 0 Å². The van der Waals surface area contributed by atoms with Gasteiger partial charge < -0.3 is 9.64 Å². The van der Waals surface area contributed by atoms with E-state index in [2.05, 4.69) is 0 Å². The van der Waals surface area contributed by atoms with Crippen LogP contribution in [0.25, 0.3) is 0 Å². The highest BCUT2D eigenvalue weighted by molar-refractivity contribution is 5.94. The van der Waals surface area contributed by atoms with Gasteiger partial charge in [-0.1, -0.05) is 6.07 Å². The highest BCUT2D eigenvalue weighted by Gasteiger charge is 2.36. The van der Waals surface area contributed by atoms with E-state index in [1.165, 1.54) is 4.90 Å². The number of benzene rings is 1. The molecule has 0 N–H and O–H groups in total. The Morgan fingerprint density at radius 2 is 1.95 bits per heavy atom. The zero-order chi connectivity index (χ0) is 14.8. The van der Waals surface area contributed by atoms with E-state index in [1.54, 1.807) is 0 Å². The van der Waals surface area contributed by atoms with Gasteiger partial charge in [-0.3, -0.25) is 4.79 Å². The van der Waals surface area contributed by atoms with Crippen LogP contribution in [0.3, 0.4) is 0 Å². The van der Waals surface area contributed by atoms with E-state index >= 15 is 0 Å². The molecule has 1 amide bonds. The van der Waals surface area contributed by atoms with Gasteiger partial charge >= 0.3 is 6.18 Å². The van der Waals surface area contributed by atoms with Crippen LogP contribution in [0, 0.1) is 5.82 Å². The van der Waals surface area contributed by atoms with Gasteiger partial charge in [-0.25, -0.2) is 4.39 Å². The molecule has 1 aromatic carbocycles. The van der Waals surface area contributed by atoms with E-state index in [-0.39, 0.29) is 6.54 Å². The molecular formula is C13H13F4NO2. The third kappa shape index (κ3) is 3.09. The third-order valence-electron chi connectivity index (χ3n) is 3.04. The number of hydrogen-bond acceptors (Lipinski definition) is 2. The molecule has 1 aliphatic heterocycles. The lowest BCUT2D eigenvalue weighted by molar-refractivity contribution is -0.140. The fraction of sp³-hybridized carbons (Fsp3) is 0.462. The molecule has 1 fully saturated rings. The lowest BCUT2D eigenvalue weighted by atomic mass is 10.1. The van der Waals surface area contributed by atoms with Crippen LogP contribution >= 0.6 is 0 Å². The van der Waals surface area contributed by atoms with E-state index in [0.29, 0.717) is 32.2 Å². The van der Waals surface area contributed by atoms with Crippen molar-refractivity contribution in [1.82, 2.24) is 4.90 Å². The summed E-state index contributed by atoms with van der Waals surface area (Å²) in [6.07, 6.45) is -4.24. The molecule has 3 nitrogen and oxygen atoms in total. The van der Waals surface area contributed by atoms with Crippen LogP contribution in [-0.2, 0) is 10.9 Å². The highest BCUT2D eigenvalue weighted by atomic mass is 19.4. The Kier molecular flexibility index (Phi) is 4.27. The SMILES string of the molecule is O=C(c1cccc(C(F)(F)F)c1F)N1CCCOCC1. The first kappa shape index (κ1) is 14.8. The maximum absolute atomic E-state index is 13.9. The fourth-order valence-electron chi connectivity index (χ4n) is 2.04. The molecule has 0 unspecified atom stereocenters. The number of nitrogens with zero attached hydrogens (tertiary/aromatic N) is 1. The Morgan fingerprint density at radius 3 is 2.65 bits per heavy atom. The summed E-state index contributed by atoms with van der Waals surface area (Å²) in [4.78, 5) is 13.4. The lowest BCUT2D eigenvalue weighted by Gasteiger charge is -2.20. The number of alkyl halides is 3. The molecule has 0 radical (unpaired) electrons. The number of halogens is 4. The monoisotopic (exact) mass is 291 g/mol. The minimum Gasteiger partial charge on any atom is -0.380 e. The summed E-state index contributed by atoms with van der Waals surface area (Å²) in [5.74, 6) is -2.26. The third-order valence-corrected chi connectivity index (χ3v) is 3.04. The Hall–Kier alpha value is -1.63. The van der Waals surface area contributed by atoms with Crippen LogP contribution < -0.4 is 0 Å². The van der Waals surface area contributed by atoms with Crippen molar-refractivity contribution in [3.05, 3.63) is 35.1 Å². The first-order valence-electron chi connectivity index (χ1n) is 6.14. The summed E-state index contributed by atoms with van der Waals surface area (Å²) >= 11 is 0. The van der Waals surface area contributed by atoms with Crippen molar-refractivity contribution in [1.29, 1.82) is 0 Å². The van der Waals surface area contributed by atoms with E-state index < -0.39 is 29.0 Å². The number of amides is 1.